The summed E-state index contributed by atoms with van der Waals surface area (Å²) >= 11 is 0. The van der Waals surface area contributed by atoms with Crippen molar-refractivity contribution in [2.75, 3.05) is 24.6 Å². The van der Waals surface area contributed by atoms with Crippen LogP contribution < -0.4 is 4.90 Å². The Bertz CT molecular complexity index is 595. The van der Waals surface area contributed by atoms with E-state index in [0.29, 0.717) is 6.10 Å². The quantitative estimate of drug-likeness (QED) is 0.853. The van der Waals surface area contributed by atoms with E-state index in [-0.39, 0.29) is 0 Å². The van der Waals surface area contributed by atoms with Gasteiger partial charge in [0.25, 0.3) is 0 Å². The van der Waals surface area contributed by atoms with Crippen LogP contribution in [0.1, 0.15) is 25.5 Å². The summed E-state index contributed by atoms with van der Waals surface area (Å²) in [4.78, 5) is 7.09. The number of benzene rings is 1. The fourth-order valence-electron chi connectivity index (χ4n) is 3.08. The van der Waals surface area contributed by atoms with E-state index in [1.54, 1.807) is 0 Å². The van der Waals surface area contributed by atoms with Crippen LogP contribution in [0.4, 0.5) is 5.69 Å². The predicted octanol–water partition coefficient (Wildman–Crippen LogP) is 3.55. The first-order chi connectivity index (χ1) is 9.78. The Morgan fingerprint density at radius 3 is 3.05 bits per heavy atom. The minimum atomic E-state index is 0.362. The highest BCUT2D eigenvalue weighted by molar-refractivity contribution is 5.92. The SMILES string of the molecule is CCOC1CCCN(c2cc(C)nc3ccccc23)C1. The smallest absolute Gasteiger partial charge is 0.0750 e. The molecule has 1 unspecified atom stereocenters. The first-order valence-electron chi connectivity index (χ1n) is 7.51. The molecule has 1 atom stereocenters. The van der Waals surface area contributed by atoms with Crippen molar-refractivity contribution >= 4 is 16.6 Å². The van der Waals surface area contributed by atoms with Crippen molar-refractivity contribution in [1.82, 2.24) is 4.98 Å². The molecule has 0 amide bonds. The lowest BCUT2D eigenvalue weighted by Gasteiger charge is -2.35. The molecule has 1 aromatic carbocycles. The van der Waals surface area contributed by atoms with Gasteiger partial charge in [0.15, 0.2) is 0 Å². The van der Waals surface area contributed by atoms with E-state index in [1.165, 1.54) is 23.9 Å². The second kappa shape index (κ2) is 5.80. The highest BCUT2D eigenvalue weighted by Crippen LogP contribution is 2.29. The van der Waals surface area contributed by atoms with Gasteiger partial charge in [-0.25, -0.2) is 0 Å². The van der Waals surface area contributed by atoms with Gasteiger partial charge in [0.2, 0.25) is 0 Å². The third-order valence-electron chi connectivity index (χ3n) is 3.94. The molecule has 0 spiro atoms. The summed E-state index contributed by atoms with van der Waals surface area (Å²) in [6.07, 6.45) is 2.73. The first kappa shape index (κ1) is 13.4. The maximum atomic E-state index is 5.82. The third kappa shape index (κ3) is 2.63. The van der Waals surface area contributed by atoms with Crippen LogP contribution in [0.15, 0.2) is 30.3 Å². The molecule has 0 bridgehead atoms. The Morgan fingerprint density at radius 1 is 1.35 bits per heavy atom. The van der Waals surface area contributed by atoms with Crippen LogP contribution in [0, 0.1) is 6.92 Å². The van der Waals surface area contributed by atoms with E-state index in [1.807, 2.05) is 0 Å². The summed E-state index contributed by atoms with van der Waals surface area (Å²) in [6, 6.07) is 10.6. The maximum Gasteiger partial charge on any atom is 0.0750 e. The fourth-order valence-corrected chi connectivity index (χ4v) is 3.08. The number of para-hydroxylation sites is 1. The van der Waals surface area contributed by atoms with Crippen molar-refractivity contribution in [2.24, 2.45) is 0 Å². The molecule has 20 heavy (non-hydrogen) atoms. The summed E-state index contributed by atoms with van der Waals surface area (Å²) in [5, 5.41) is 1.25. The number of pyridine rings is 1. The lowest BCUT2D eigenvalue weighted by molar-refractivity contribution is 0.0527. The van der Waals surface area contributed by atoms with Crippen molar-refractivity contribution < 1.29 is 4.74 Å². The van der Waals surface area contributed by atoms with Gasteiger partial charge >= 0.3 is 0 Å². The Morgan fingerprint density at radius 2 is 2.20 bits per heavy atom. The van der Waals surface area contributed by atoms with Crippen molar-refractivity contribution in [1.29, 1.82) is 0 Å². The molecule has 1 aromatic heterocycles. The Hall–Kier alpha value is -1.61. The monoisotopic (exact) mass is 270 g/mol. The van der Waals surface area contributed by atoms with Crippen LogP contribution in [-0.4, -0.2) is 30.8 Å². The number of hydrogen-bond donors (Lipinski definition) is 0. The van der Waals surface area contributed by atoms with Crippen molar-refractivity contribution in [2.45, 2.75) is 32.8 Å². The minimum absolute atomic E-state index is 0.362. The molecule has 3 rings (SSSR count). The average Bonchev–Trinajstić information content (AvgIpc) is 2.47. The molecule has 0 radical (unpaired) electrons. The Labute approximate surface area is 120 Å². The second-order valence-electron chi connectivity index (χ2n) is 5.47. The van der Waals surface area contributed by atoms with Gasteiger partial charge in [-0.05, 0) is 38.8 Å². The predicted molar refractivity (Wildman–Crippen MR) is 83.3 cm³/mol. The fraction of sp³-hybridized carbons (Fsp3) is 0.471. The largest absolute Gasteiger partial charge is 0.377 e. The lowest BCUT2D eigenvalue weighted by atomic mass is 10.1. The summed E-state index contributed by atoms with van der Waals surface area (Å²) < 4.78 is 5.82. The number of piperidine rings is 1. The molecule has 106 valence electrons. The molecule has 1 fully saturated rings. The zero-order chi connectivity index (χ0) is 13.9. The van der Waals surface area contributed by atoms with Gasteiger partial charge in [0.05, 0.1) is 11.6 Å². The second-order valence-corrected chi connectivity index (χ2v) is 5.47. The van der Waals surface area contributed by atoms with Gasteiger partial charge in [-0.3, -0.25) is 4.98 Å². The standard InChI is InChI=1S/C17H22N2O/c1-3-20-14-7-6-10-19(12-14)17-11-13(2)18-16-9-5-4-8-15(16)17/h4-5,8-9,11,14H,3,6-7,10,12H2,1-2H3. The topological polar surface area (TPSA) is 25.4 Å². The van der Waals surface area contributed by atoms with Gasteiger partial charge in [-0.15, -0.1) is 0 Å². The summed E-state index contributed by atoms with van der Waals surface area (Å²) in [5.41, 5.74) is 3.47. The number of aromatic nitrogens is 1. The van der Waals surface area contributed by atoms with Crippen molar-refractivity contribution in [3.05, 3.63) is 36.0 Å². The highest BCUT2D eigenvalue weighted by Gasteiger charge is 2.21. The van der Waals surface area contributed by atoms with E-state index in [9.17, 15) is 0 Å². The number of aryl methyl sites for hydroxylation is 1. The molecule has 2 aromatic rings. The number of nitrogens with zero attached hydrogens (tertiary/aromatic N) is 2. The highest BCUT2D eigenvalue weighted by atomic mass is 16.5. The van der Waals surface area contributed by atoms with E-state index >= 15 is 0 Å². The van der Waals surface area contributed by atoms with Gasteiger partial charge < -0.3 is 9.64 Å². The average molecular weight is 270 g/mol. The van der Waals surface area contributed by atoms with Crippen LogP contribution >= 0.6 is 0 Å². The van der Waals surface area contributed by atoms with Crippen LogP contribution in [0.5, 0.6) is 0 Å². The molecule has 0 saturated carbocycles. The number of hydrogen-bond acceptors (Lipinski definition) is 3. The molecule has 2 heterocycles. The molecule has 1 aliphatic rings. The van der Waals surface area contributed by atoms with Crippen molar-refractivity contribution in [3.8, 4) is 0 Å². The lowest BCUT2D eigenvalue weighted by Crippen LogP contribution is -2.39. The molecule has 3 heteroatoms. The number of fused-ring (bicyclic) bond motifs is 1. The maximum absolute atomic E-state index is 5.82. The Balaban J connectivity index is 1.96. The third-order valence-corrected chi connectivity index (χ3v) is 3.94. The first-order valence-corrected chi connectivity index (χ1v) is 7.51. The molecule has 0 aliphatic carbocycles. The van der Waals surface area contributed by atoms with Crippen LogP contribution in [0.3, 0.4) is 0 Å². The van der Waals surface area contributed by atoms with Gasteiger partial charge in [-0.2, -0.15) is 0 Å². The molecule has 0 N–H and O–H groups in total. The van der Waals surface area contributed by atoms with E-state index in [0.717, 1.165) is 30.9 Å². The molecule has 3 nitrogen and oxygen atoms in total. The number of anilines is 1. The van der Waals surface area contributed by atoms with Crippen molar-refractivity contribution in [3.63, 3.8) is 0 Å². The summed E-state index contributed by atoms with van der Waals surface area (Å²) in [6.45, 7) is 7.04. The van der Waals surface area contributed by atoms with Crippen LogP contribution in [0.25, 0.3) is 10.9 Å². The van der Waals surface area contributed by atoms with Gasteiger partial charge in [0.1, 0.15) is 0 Å². The molecular formula is C17H22N2O. The summed E-state index contributed by atoms with van der Waals surface area (Å²) in [5.74, 6) is 0. The van der Waals surface area contributed by atoms with E-state index in [2.05, 4.69) is 54.1 Å². The zero-order valence-corrected chi connectivity index (χ0v) is 12.3. The van der Waals surface area contributed by atoms with E-state index < -0.39 is 0 Å². The molecule has 1 aliphatic heterocycles. The normalized spacial score (nSPS) is 19.5. The van der Waals surface area contributed by atoms with Crippen LogP contribution in [0.2, 0.25) is 0 Å². The molecule has 1 saturated heterocycles. The summed E-state index contributed by atoms with van der Waals surface area (Å²) in [7, 11) is 0. The van der Waals surface area contributed by atoms with E-state index in [4.69, 9.17) is 4.74 Å². The Kier molecular flexibility index (Phi) is 3.88. The number of rotatable bonds is 3. The van der Waals surface area contributed by atoms with Gasteiger partial charge in [-0.1, -0.05) is 18.2 Å². The van der Waals surface area contributed by atoms with Crippen LogP contribution in [-0.2, 0) is 4.74 Å². The minimum Gasteiger partial charge on any atom is -0.377 e. The number of ether oxygens (including phenoxy) is 1. The van der Waals surface area contributed by atoms with Gasteiger partial charge in [0, 0.05) is 36.5 Å². The molecular weight excluding hydrogens is 248 g/mol. The zero-order valence-electron chi connectivity index (χ0n) is 12.3.